The van der Waals surface area contributed by atoms with Crippen molar-refractivity contribution in [2.75, 3.05) is 31.1 Å². The van der Waals surface area contributed by atoms with E-state index in [1.807, 2.05) is 63.8 Å². The molecule has 174 valence electrons. The van der Waals surface area contributed by atoms with Gasteiger partial charge in [0.2, 0.25) is 10.0 Å². The Labute approximate surface area is 195 Å². The SMILES string of the molecule is Cc1ccc(-n2nc(N3CCN(S(=O)(=O)c4cc(C)c(C)cc4C)CC3)ccc2=O)cc1C. The summed E-state index contributed by atoms with van der Waals surface area (Å²) >= 11 is 0. The second kappa shape index (κ2) is 8.76. The van der Waals surface area contributed by atoms with Gasteiger partial charge in [-0.25, -0.2) is 8.42 Å². The van der Waals surface area contributed by atoms with Crippen LogP contribution in [0.25, 0.3) is 5.69 Å². The van der Waals surface area contributed by atoms with Crippen molar-refractivity contribution >= 4 is 15.8 Å². The molecular weight excluding hydrogens is 436 g/mol. The Kier molecular flexibility index (Phi) is 6.16. The van der Waals surface area contributed by atoms with Crippen LogP contribution in [0.4, 0.5) is 5.82 Å². The molecule has 0 aliphatic carbocycles. The first-order valence-electron chi connectivity index (χ1n) is 11.1. The third-order valence-corrected chi connectivity index (χ3v) is 8.53. The van der Waals surface area contributed by atoms with Crippen LogP contribution in [-0.4, -0.2) is 48.7 Å². The van der Waals surface area contributed by atoms with Gasteiger partial charge in [0.25, 0.3) is 5.56 Å². The summed E-state index contributed by atoms with van der Waals surface area (Å²) in [6.07, 6.45) is 0. The van der Waals surface area contributed by atoms with Crippen LogP contribution in [0.2, 0.25) is 0 Å². The molecule has 0 atom stereocenters. The highest BCUT2D eigenvalue weighted by atomic mass is 32.2. The predicted octanol–water partition coefficient (Wildman–Crippen LogP) is 3.29. The molecule has 7 nitrogen and oxygen atoms in total. The zero-order valence-corrected chi connectivity index (χ0v) is 20.6. The van der Waals surface area contributed by atoms with E-state index < -0.39 is 10.0 Å². The molecule has 0 amide bonds. The fourth-order valence-electron chi connectivity index (χ4n) is 4.12. The number of nitrogens with zero attached hydrogens (tertiary/aromatic N) is 4. The Hall–Kier alpha value is -2.97. The van der Waals surface area contributed by atoms with Gasteiger partial charge in [0.15, 0.2) is 0 Å². The van der Waals surface area contributed by atoms with Gasteiger partial charge in [0, 0.05) is 32.2 Å². The lowest BCUT2D eigenvalue weighted by molar-refractivity contribution is 0.383. The van der Waals surface area contributed by atoms with Crippen LogP contribution < -0.4 is 10.5 Å². The molecule has 2 aromatic carbocycles. The van der Waals surface area contributed by atoms with E-state index in [4.69, 9.17) is 0 Å². The summed E-state index contributed by atoms with van der Waals surface area (Å²) in [7, 11) is -3.57. The van der Waals surface area contributed by atoms with Crippen LogP contribution in [0.15, 0.2) is 52.2 Å². The Morgan fingerprint density at radius 3 is 2.03 bits per heavy atom. The number of anilines is 1. The molecule has 8 heteroatoms. The summed E-state index contributed by atoms with van der Waals surface area (Å²) in [5.74, 6) is 0.659. The van der Waals surface area contributed by atoms with Crippen LogP contribution >= 0.6 is 0 Å². The number of piperazine rings is 1. The average Bonchev–Trinajstić information content (AvgIpc) is 2.78. The minimum Gasteiger partial charge on any atom is -0.353 e. The number of aromatic nitrogens is 2. The zero-order chi connectivity index (χ0) is 23.9. The number of benzene rings is 2. The Morgan fingerprint density at radius 2 is 1.36 bits per heavy atom. The summed E-state index contributed by atoms with van der Waals surface area (Å²) in [6.45, 7) is 11.5. The van der Waals surface area contributed by atoms with E-state index in [-0.39, 0.29) is 5.56 Å². The molecule has 1 aromatic heterocycles. The lowest BCUT2D eigenvalue weighted by Crippen LogP contribution is -2.49. The second-order valence-electron chi connectivity index (χ2n) is 8.80. The molecule has 1 saturated heterocycles. The highest BCUT2D eigenvalue weighted by Crippen LogP contribution is 2.25. The number of hydrogen-bond acceptors (Lipinski definition) is 5. The minimum atomic E-state index is -3.57. The van der Waals surface area contributed by atoms with Crippen molar-refractivity contribution in [2.45, 2.75) is 39.5 Å². The molecule has 0 unspecified atom stereocenters. The fraction of sp³-hybridized carbons (Fsp3) is 0.360. The van der Waals surface area contributed by atoms with Crippen LogP contribution in [0.1, 0.15) is 27.8 Å². The van der Waals surface area contributed by atoms with Crippen LogP contribution in [0.3, 0.4) is 0 Å². The Bertz CT molecular complexity index is 1370. The normalized spacial score (nSPS) is 15.1. The Morgan fingerprint density at radius 1 is 0.727 bits per heavy atom. The van der Waals surface area contributed by atoms with E-state index in [1.165, 1.54) is 10.7 Å². The van der Waals surface area contributed by atoms with Crippen molar-refractivity contribution < 1.29 is 8.42 Å². The molecule has 33 heavy (non-hydrogen) atoms. The topological polar surface area (TPSA) is 75.5 Å². The quantitative estimate of drug-likeness (QED) is 0.590. The summed E-state index contributed by atoms with van der Waals surface area (Å²) < 4.78 is 29.6. The number of hydrogen-bond donors (Lipinski definition) is 0. The second-order valence-corrected chi connectivity index (χ2v) is 10.7. The third kappa shape index (κ3) is 4.45. The van der Waals surface area contributed by atoms with Gasteiger partial charge in [0.1, 0.15) is 5.82 Å². The fourth-order valence-corrected chi connectivity index (χ4v) is 5.83. The first kappa shape index (κ1) is 23.2. The number of rotatable bonds is 4. The molecule has 4 rings (SSSR count). The first-order chi connectivity index (χ1) is 15.6. The van der Waals surface area contributed by atoms with E-state index in [2.05, 4.69) is 5.10 Å². The van der Waals surface area contributed by atoms with Crippen LogP contribution in [0.5, 0.6) is 0 Å². The smallest absolute Gasteiger partial charge is 0.271 e. The van der Waals surface area contributed by atoms with Gasteiger partial charge in [-0.3, -0.25) is 4.79 Å². The van der Waals surface area contributed by atoms with Gasteiger partial charge in [-0.2, -0.15) is 8.99 Å². The van der Waals surface area contributed by atoms with E-state index in [1.54, 1.807) is 16.4 Å². The maximum Gasteiger partial charge on any atom is 0.271 e. The number of sulfonamides is 1. The lowest BCUT2D eigenvalue weighted by atomic mass is 10.1. The standard InChI is InChI=1S/C25H30N4O3S/c1-17-6-7-22(15-19(17)3)29-25(30)9-8-24(26-29)27-10-12-28(13-11-27)33(31,32)23-16-20(4)18(2)14-21(23)5/h6-9,14-16H,10-13H2,1-5H3. The van der Waals surface area contributed by atoms with E-state index in [9.17, 15) is 13.2 Å². The van der Waals surface area contributed by atoms with Gasteiger partial charge >= 0.3 is 0 Å². The highest BCUT2D eigenvalue weighted by molar-refractivity contribution is 7.89. The summed E-state index contributed by atoms with van der Waals surface area (Å²) in [6, 6.07) is 12.7. The highest BCUT2D eigenvalue weighted by Gasteiger charge is 2.30. The maximum absolute atomic E-state index is 13.3. The van der Waals surface area contributed by atoms with Gasteiger partial charge in [-0.1, -0.05) is 12.1 Å². The largest absolute Gasteiger partial charge is 0.353 e. The zero-order valence-electron chi connectivity index (χ0n) is 19.8. The lowest BCUT2D eigenvalue weighted by Gasteiger charge is -2.35. The molecule has 1 fully saturated rings. The van der Waals surface area contributed by atoms with E-state index >= 15 is 0 Å². The monoisotopic (exact) mass is 466 g/mol. The molecule has 2 heterocycles. The van der Waals surface area contributed by atoms with Crippen molar-refractivity contribution in [3.63, 3.8) is 0 Å². The van der Waals surface area contributed by atoms with E-state index in [0.29, 0.717) is 36.9 Å². The van der Waals surface area contributed by atoms with Crippen LogP contribution in [0, 0.1) is 34.6 Å². The summed E-state index contributed by atoms with van der Waals surface area (Å²) in [4.78, 5) is 14.9. The molecule has 1 aliphatic heterocycles. The molecule has 0 saturated carbocycles. The minimum absolute atomic E-state index is 0.201. The molecule has 0 bridgehead atoms. The molecule has 1 aliphatic rings. The van der Waals surface area contributed by atoms with Gasteiger partial charge in [-0.15, -0.1) is 5.10 Å². The van der Waals surface area contributed by atoms with E-state index in [0.717, 1.165) is 33.5 Å². The Balaban J connectivity index is 1.55. The summed E-state index contributed by atoms with van der Waals surface area (Å²) in [5.41, 5.74) is 5.58. The molecule has 0 N–H and O–H groups in total. The molecule has 3 aromatic rings. The molecular formula is C25H30N4O3S. The maximum atomic E-state index is 13.3. The summed E-state index contributed by atoms with van der Waals surface area (Å²) in [5, 5.41) is 4.58. The van der Waals surface area contributed by atoms with Crippen molar-refractivity contribution in [2.24, 2.45) is 0 Å². The van der Waals surface area contributed by atoms with Crippen molar-refractivity contribution in [3.8, 4) is 5.69 Å². The third-order valence-electron chi connectivity index (χ3n) is 6.49. The van der Waals surface area contributed by atoms with Crippen LogP contribution in [-0.2, 0) is 10.0 Å². The number of aryl methyl sites for hydroxylation is 5. The van der Waals surface area contributed by atoms with Crippen molar-refractivity contribution in [1.29, 1.82) is 0 Å². The molecule has 0 spiro atoms. The van der Waals surface area contributed by atoms with Gasteiger partial charge < -0.3 is 4.90 Å². The van der Waals surface area contributed by atoms with Crippen molar-refractivity contribution in [3.05, 3.63) is 80.6 Å². The van der Waals surface area contributed by atoms with Gasteiger partial charge in [-0.05, 0) is 86.7 Å². The molecule has 0 radical (unpaired) electrons. The first-order valence-corrected chi connectivity index (χ1v) is 12.5. The van der Waals surface area contributed by atoms with Crippen molar-refractivity contribution in [1.82, 2.24) is 14.1 Å². The van der Waals surface area contributed by atoms with Gasteiger partial charge in [0.05, 0.1) is 10.6 Å². The average molecular weight is 467 g/mol. The predicted molar refractivity (Wildman–Crippen MR) is 131 cm³/mol.